The van der Waals surface area contributed by atoms with Crippen molar-refractivity contribution in [2.24, 2.45) is 5.73 Å². The number of nitrogens with two attached hydrogens (primary N) is 1. The molecule has 0 aliphatic carbocycles. The monoisotopic (exact) mass is 337 g/mol. The van der Waals surface area contributed by atoms with E-state index >= 15 is 0 Å². The molecule has 1 aromatic carbocycles. The Morgan fingerprint density at radius 1 is 1.30 bits per heavy atom. The first-order valence-electron chi connectivity index (χ1n) is 5.83. The number of amidine groups is 1. The van der Waals surface area contributed by atoms with E-state index in [9.17, 15) is 4.39 Å². The normalized spacial score (nSPS) is 10.4. The van der Waals surface area contributed by atoms with E-state index in [4.69, 9.17) is 15.9 Å². The number of nitrogens with zero attached hydrogens (tertiary/aromatic N) is 1. The van der Waals surface area contributed by atoms with Gasteiger partial charge in [-0.1, -0.05) is 15.9 Å². The SMILES string of the molecule is Cc1cc(C)c(C(=N)N)c(Oc2cc(F)cc(Br)c2)n1. The fourth-order valence-electron chi connectivity index (χ4n) is 1.90. The summed E-state index contributed by atoms with van der Waals surface area (Å²) in [6.07, 6.45) is 0. The number of pyridine rings is 1. The number of nitrogen functional groups attached to an aromatic ring is 1. The molecule has 1 aromatic heterocycles. The summed E-state index contributed by atoms with van der Waals surface area (Å²) in [7, 11) is 0. The molecule has 0 aliphatic heterocycles. The molecule has 0 bridgehead atoms. The van der Waals surface area contributed by atoms with Crippen LogP contribution in [0.4, 0.5) is 4.39 Å². The quantitative estimate of drug-likeness (QED) is 0.662. The number of aromatic nitrogens is 1. The number of rotatable bonds is 3. The fourth-order valence-corrected chi connectivity index (χ4v) is 2.35. The molecular weight excluding hydrogens is 325 g/mol. The molecule has 0 amide bonds. The molecule has 3 N–H and O–H groups in total. The van der Waals surface area contributed by atoms with Gasteiger partial charge in [-0.25, -0.2) is 9.37 Å². The van der Waals surface area contributed by atoms with E-state index in [2.05, 4.69) is 20.9 Å². The van der Waals surface area contributed by atoms with Crippen LogP contribution in [0, 0.1) is 25.1 Å². The van der Waals surface area contributed by atoms with Crippen molar-refractivity contribution in [3.05, 3.63) is 51.4 Å². The summed E-state index contributed by atoms with van der Waals surface area (Å²) in [5.41, 5.74) is 7.49. The zero-order valence-electron chi connectivity index (χ0n) is 11.0. The van der Waals surface area contributed by atoms with Crippen LogP contribution < -0.4 is 10.5 Å². The van der Waals surface area contributed by atoms with E-state index in [0.29, 0.717) is 10.0 Å². The van der Waals surface area contributed by atoms with Crippen molar-refractivity contribution in [3.63, 3.8) is 0 Å². The van der Waals surface area contributed by atoms with Gasteiger partial charge in [-0.15, -0.1) is 0 Å². The topological polar surface area (TPSA) is 72.0 Å². The summed E-state index contributed by atoms with van der Waals surface area (Å²) in [5.74, 6) is -0.0760. The molecule has 0 unspecified atom stereocenters. The van der Waals surface area contributed by atoms with Gasteiger partial charge < -0.3 is 10.5 Å². The minimum Gasteiger partial charge on any atom is -0.438 e. The van der Waals surface area contributed by atoms with Crippen molar-refractivity contribution in [2.45, 2.75) is 13.8 Å². The molecule has 0 fully saturated rings. The zero-order valence-corrected chi connectivity index (χ0v) is 12.6. The van der Waals surface area contributed by atoms with Crippen molar-refractivity contribution in [3.8, 4) is 11.6 Å². The van der Waals surface area contributed by atoms with Gasteiger partial charge in [0.05, 0.1) is 5.56 Å². The van der Waals surface area contributed by atoms with E-state index in [0.717, 1.165) is 11.3 Å². The van der Waals surface area contributed by atoms with Gasteiger partial charge in [-0.05, 0) is 37.6 Å². The number of benzene rings is 1. The van der Waals surface area contributed by atoms with Crippen LogP contribution in [-0.4, -0.2) is 10.8 Å². The second kappa shape index (κ2) is 5.58. The third kappa shape index (κ3) is 3.14. The molecular formula is C14H13BrFN3O. The smallest absolute Gasteiger partial charge is 0.230 e. The number of ether oxygens (including phenoxy) is 1. The van der Waals surface area contributed by atoms with Crippen LogP contribution >= 0.6 is 15.9 Å². The first-order chi connectivity index (χ1) is 9.36. The maximum absolute atomic E-state index is 13.4. The van der Waals surface area contributed by atoms with Crippen LogP contribution in [0.1, 0.15) is 16.8 Å². The molecule has 0 saturated heterocycles. The third-order valence-electron chi connectivity index (χ3n) is 2.63. The Morgan fingerprint density at radius 3 is 2.60 bits per heavy atom. The highest BCUT2D eigenvalue weighted by molar-refractivity contribution is 9.10. The minimum absolute atomic E-state index is 0.138. The van der Waals surface area contributed by atoms with Gasteiger partial charge in [0.25, 0.3) is 0 Å². The average molecular weight is 338 g/mol. The van der Waals surface area contributed by atoms with Crippen LogP contribution in [0.2, 0.25) is 0 Å². The summed E-state index contributed by atoms with van der Waals surface area (Å²) >= 11 is 3.20. The van der Waals surface area contributed by atoms with Crippen molar-refractivity contribution >= 4 is 21.8 Å². The molecule has 2 aromatic rings. The highest BCUT2D eigenvalue weighted by Crippen LogP contribution is 2.28. The molecule has 0 spiro atoms. The fraction of sp³-hybridized carbons (Fsp3) is 0.143. The summed E-state index contributed by atoms with van der Waals surface area (Å²) in [6.45, 7) is 3.63. The second-order valence-corrected chi connectivity index (χ2v) is 5.30. The highest BCUT2D eigenvalue weighted by Gasteiger charge is 2.14. The van der Waals surface area contributed by atoms with Crippen LogP contribution in [0.3, 0.4) is 0 Å². The predicted molar refractivity (Wildman–Crippen MR) is 78.9 cm³/mol. The first-order valence-corrected chi connectivity index (χ1v) is 6.62. The number of hydrogen-bond acceptors (Lipinski definition) is 3. The summed E-state index contributed by atoms with van der Waals surface area (Å²) in [4.78, 5) is 4.23. The number of hydrogen-bond donors (Lipinski definition) is 2. The van der Waals surface area contributed by atoms with Crippen LogP contribution in [0.15, 0.2) is 28.7 Å². The lowest BCUT2D eigenvalue weighted by Gasteiger charge is -2.13. The summed E-state index contributed by atoms with van der Waals surface area (Å²) in [6, 6.07) is 6.00. The van der Waals surface area contributed by atoms with Gasteiger partial charge in [0.15, 0.2) is 0 Å². The molecule has 20 heavy (non-hydrogen) atoms. The summed E-state index contributed by atoms with van der Waals surface area (Å²) in [5, 5.41) is 7.61. The van der Waals surface area contributed by atoms with Crippen LogP contribution in [-0.2, 0) is 0 Å². The Bertz CT molecular complexity index is 668. The lowest BCUT2D eigenvalue weighted by atomic mass is 10.1. The molecule has 1 heterocycles. The van der Waals surface area contributed by atoms with Gasteiger partial charge in [0.1, 0.15) is 17.4 Å². The Kier molecular flexibility index (Phi) is 4.04. The molecule has 0 saturated carbocycles. The highest BCUT2D eigenvalue weighted by atomic mass is 79.9. The molecule has 0 atom stereocenters. The van der Waals surface area contributed by atoms with Gasteiger partial charge >= 0.3 is 0 Å². The maximum atomic E-state index is 13.4. The Labute approximate surface area is 124 Å². The Hall–Kier alpha value is -1.95. The lowest BCUT2D eigenvalue weighted by molar-refractivity contribution is 0.455. The minimum atomic E-state index is -0.428. The van der Waals surface area contributed by atoms with E-state index in [-0.39, 0.29) is 17.5 Å². The van der Waals surface area contributed by atoms with Gasteiger partial charge in [0.2, 0.25) is 5.88 Å². The van der Waals surface area contributed by atoms with Gasteiger partial charge in [0, 0.05) is 16.2 Å². The largest absolute Gasteiger partial charge is 0.438 e. The van der Waals surface area contributed by atoms with Crippen LogP contribution in [0.25, 0.3) is 0 Å². The van der Waals surface area contributed by atoms with E-state index in [1.165, 1.54) is 12.1 Å². The molecule has 0 aliphatic rings. The average Bonchev–Trinajstić information content (AvgIpc) is 2.25. The second-order valence-electron chi connectivity index (χ2n) is 4.38. The molecule has 2 rings (SSSR count). The summed E-state index contributed by atoms with van der Waals surface area (Å²) < 4.78 is 19.5. The number of nitrogens with one attached hydrogen (secondary N) is 1. The zero-order chi connectivity index (χ0) is 14.9. The molecule has 0 radical (unpaired) electrons. The van der Waals surface area contributed by atoms with E-state index in [1.807, 2.05) is 19.9 Å². The van der Waals surface area contributed by atoms with Gasteiger partial charge in [-0.3, -0.25) is 5.41 Å². The first kappa shape index (κ1) is 14.5. The Balaban J connectivity index is 2.49. The molecule has 104 valence electrons. The molecule has 6 heteroatoms. The van der Waals surface area contributed by atoms with E-state index < -0.39 is 5.82 Å². The number of aryl methyl sites for hydroxylation is 2. The predicted octanol–water partition coefficient (Wildman–Crippen LogP) is 3.68. The standard InChI is InChI=1S/C14H13BrFN3O/c1-7-3-8(2)19-14(12(7)13(17)18)20-11-5-9(15)4-10(16)6-11/h3-6H,1-2H3,(H3,17,18). The third-order valence-corrected chi connectivity index (χ3v) is 3.09. The van der Waals surface area contributed by atoms with E-state index in [1.54, 1.807) is 6.07 Å². The van der Waals surface area contributed by atoms with Crippen molar-refractivity contribution < 1.29 is 9.13 Å². The number of halogens is 2. The molecule has 4 nitrogen and oxygen atoms in total. The van der Waals surface area contributed by atoms with Gasteiger partial charge in [-0.2, -0.15) is 0 Å². The lowest BCUT2D eigenvalue weighted by Crippen LogP contribution is -2.15. The van der Waals surface area contributed by atoms with Crippen molar-refractivity contribution in [1.82, 2.24) is 4.98 Å². The van der Waals surface area contributed by atoms with Crippen LogP contribution in [0.5, 0.6) is 11.6 Å². The Morgan fingerprint density at radius 2 is 2.00 bits per heavy atom. The maximum Gasteiger partial charge on any atom is 0.230 e. The van der Waals surface area contributed by atoms with Crippen molar-refractivity contribution in [2.75, 3.05) is 0 Å². The van der Waals surface area contributed by atoms with Crippen molar-refractivity contribution in [1.29, 1.82) is 5.41 Å².